The summed E-state index contributed by atoms with van der Waals surface area (Å²) in [6.45, 7) is 6.00. The molecule has 1 heterocycles. The molecule has 0 fully saturated rings. The number of pyridine rings is 1. The molecule has 160 valence electrons. The average molecular weight is 418 g/mol. The first-order chi connectivity index (χ1) is 15.1. The van der Waals surface area contributed by atoms with Gasteiger partial charge in [0, 0.05) is 24.9 Å². The van der Waals surface area contributed by atoms with Gasteiger partial charge in [-0.15, -0.1) is 0 Å². The van der Waals surface area contributed by atoms with Gasteiger partial charge in [0.1, 0.15) is 11.5 Å². The minimum absolute atomic E-state index is 0.392. The molecule has 5 heteroatoms. The zero-order valence-electron chi connectivity index (χ0n) is 18.1. The van der Waals surface area contributed by atoms with Crippen LogP contribution in [0.5, 0.6) is 11.5 Å². The molecule has 5 nitrogen and oxygen atoms in total. The number of carbonyl (C=O) groups is 1. The Balaban J connectivity index is 2.06. The van der Waals surface area contributed by atoms with Crippen molar-refractivity contribution in [2.75, 3.05) is 6.61 Å². The molecule has 0 saturated carbocycles. The lowest BCUT2D eigenvalue weighted by molar-refractivity contribution is -0.146. The summed E-state index contributed by atoms with van der Waals surface area (Å²) in [5.41, 5.74) is 2.66. The third kappa shape index (κ3) is 6.19. The lowest BCUT2D eigenvalue weighted by Gasteiger charge is -2.22. The number of aryl methyl sites for hydroxylation is 1. The van der Waals surface area contributed by atoms with Crippen molar-refractivity contribution in [1.82, 2.24) is 4.98 Å². The summed E-state index contributed by atoms with van der Waals surface area (Å²) in [5.74, 6) is 1.59. The second-order valence-electron chi connectivity index (χ2n) is 6.89. The number of carbonyl (C=O) groups excluding carboxylic acids is 1. The molecule has 0 aliphatic heterocycles. The molecule has 0 aliphatic carbocycles. The van der Waals surface area contributed by atoms with Crippen LogP contribution in [-0.4, -0.2) is 17.6 Å². The molecule has 31 heavy (non-hydrogen) atoms. The van der Waals surface area contributed by atoms with Gasteiger partial charge in [-0.1, -0.05) is 43.3 Å². The van der Waals surface area contributed by atoms with Crippen LogP contribution in [0.2, 0.25) is 0 Å². The maximum atomic E-state index is 11.9. The van der Waals surface area contributed by atoms with E-state index in [9.17, 15) is 4.79 Å². The van der Waals surface area contributed by atoms with Crippen LogP contribution < -0.4 is 9.47 Å². The summed E-state index contributed by atoms with van der Waals surface area (Å²) >= 11 is 0. The predicted molar refractivity (Wildman–Crippen MR) is 121 cm³/mol. The molecule has 3 aromatic rings. The summed E-state index contributed by atoms with van der Waals surface area (Å²) in [6, 6.07) is 19.1. The number of hydrogen-bond acceptors (Lipinski definition) is 5. The number of aromatic nitrogens is 1. The molecule has 0 amide bonds. The zero-order valence-corrected chi connectivity index (χ0v) is 18.1. The second-order valence-corrected chi connectivity index (χ2v) is 6.89. The standard InChI is InChI=1S/C26H27NO4/c1-4-21-17-23(29-5-2)13-14-24(21)31-25(16-20-10-9-15-27-18-20)26(30-19(3)28)22-11-7-6-8-12-22/h6-18,26H,4-5H2,1-3H3/b25-16+. The van der Waals surface area contributed by atoms with Crippen LogP contribution >= 0.6 is 0 Å². The van der Waals surface area contributed by atoms with Gasteiger partial charge >= 0.3 is 5.97 Å². The molecule has 0 radical (unpaired) electrons. The van der Waals surface area contributed by atoms with Gasteiger partial charge in [0.15, 0.2) is 11.9 Å². The van der Waals surface area contributed by atoms with Crippen LogP contribution in [-0.2, 0) is 16.0 Å². The molecule has 0 spiro atoms. The maximum Gasteiger partial charge on any atom is 0.303 e. The molecule has 0 N–H and O–H groups in total. The number of ether oxygens (including phenoxy) is 3. The highest BCUT2D eigenvalue weighted by Gasteiger charge is 2.23. The fourth-order valence-corrected chi connectivity index (χ4v) is 3.18. The van der Waals surface area contributed by atoms with Crippen molar-refractivity contribution in [2.45, 2.75) is 33.3 Å². The van der Waals surface area contributed by atoms with E-state index >= 15 is 0 Å². The van der Waals surface area contributed by atoms with Crippen molar-refractivity contribution in [3.63, 3.8) is 0 Å². The van der Waals surface area contributed by atoms with Crippen molar-refractivity contribution in [3.05, 3.63) is 95.5 Å². The Morgan fingerprint density at radius 2 is 1.87 bits per heavy atom. The first-order valence-corrected chi connectivity index (χ1v) is 10.4. The average Bonchev–Trinajstić information content (AvgIpc) is 2.79. The maximum absolute atomic E-state index is 11.9. The third-order valence-electron chi connectivity index (χ3n) is 4.59. The highest BCUT2D eigenvalue weighted by atomic mass is 16.6. The minimum atomic E-state index is -0.699. The second kappa shape index (κ2) is 11.0. The minimum Gasteiger partial charge on any atom is -0.494 e. The van der Waals surface area contributed by atoms with Crippen molar-refractivity contribution in [1.29, 1.82) is 0 Å². The monoisotopic (exact) mass is 417 g/mol. The van der Waals surface area contributed by atoms with Crippen molar-refractivity contribution >= 4 is 12.0 Å². The highest BCUT2D eigenvalue weighted by Crippen LogP contribution is 2.33. The Morgan fingerprint density at radius 3 is 2.52 bits per heavy atom. The Morgan fingerprint density at radius 1 is 1.06 bits per heavy atom. The zero-order chi connectivity index (χ0) is 22.1. The number of benzene rings is 2. The molecule has 1 aromatic heterocycles. The molecule has 1 unspecified atom stereocenters. The summed E-state index contributed by atoms with van der Waals surface area (Å²) in [7, 11) is 0. The Hall–Kier alpha value is -3.60. The van der Waals surface area contributed by atoms with E-state index < -0.39 is 12.1 Å². The fourth-order valence-electron chi connectivity index (χ4n) is 3.18. The SMILES string of the molecule is CCOc1ccc(O/C(=C/c2cccnc2)C(OC(C)=O)c2ccccc2)c(CC)c1. The van der Waals surface area contributed by atoms with Crippen molar-refractivity contribution in [2.24, 2.45) is 0 Å². The summed E-state index contributed by atoms with van der Waals surface area (Å²) in [6.07, 6.45) is 5.36. The van der Waals surface area contributed by atoms with Gasteiger partial charge in [-0.05, 0) is 54.8 Å². The van der Waals surface area contributed by atoms with E-state index in [2.05, 4.69) is 11.9 Å². The lowest BCUT2D eigenvalue weighted by atomic mass is 10.1. The van der Waals surface area contributed by atoms with Gasteiger partial charge in [0.05, 0.1) is 6.61 Å². The van der Waals surface area contributed by atoms with E-state index in [1.165, 1.54) is 6.92 Å². The van der Waals surface area contributed by atoms with Crippen molar-refractivity contribution < 1.29 is 19.0 Å². The van der Waals surface area contributed by atoms with Crippen molar-refractivity contribution in [3.8, 4) is 11.5 Å². The molecule has 1 atom stereocenters. The predicted octanol–water partition coefficient (Wildman–Crippen LogP) is 5.77. The fraction of sp³-hybridized carbons (Fsp3) is 0.231. The Labute approximate surface area is 183 Å². The van der Waals surface area contributed by atoms with Crippen LogP contribution in [0.25, 0.3) is 6.08 Å². The largest absolute Gasteiger partial charge is 0.494 e. The van der Waals surface area contributed by atoms with Crippen LogP contribution in [0.4, 0.5) is 0 Å². The third-order valence-corrected chi connectivity index (χ3v) is 4.59. The van der Waals surface area contributed by atoms with Gasteiger partial charge in [-0.2, -0.15) is 0 Å². The van der Waals surface area contributed by atoms with Gasteiger partial charge in [0.2, 0.25) is 0 Å². The van der Waals surface area contributed by atoms with E-state index in [-0.39, 0.29) is 0 Å². The summed E-state index contributed by atoms with van der Waals surface area (Å²) in [4.78, 5) is 16.1. The van der Waals surface area contributed by atoms with E-state index in [1.807, 2.05) is 73.7 Å². The first kappa shape index (κ1) is 22.1. The molecule has 0 saturated heterocycles. The van der Waals surface area contributed by atoms with E-state index in [4.69, 9.17) is 14.2 Å². The quantitative estimate of drug-likeness (QED) is 0.327. The van der Waals surface area contributed by atoms with Gasteiger partial charge in [-0.3, -0.25) is 9.78 Å². The van der Waals surface area contributed by atoms with Gasteiger partial charge in [-0.25, -0.2) is 0 Å². The Kier molecular flexibility index (Phi) is 7.82. The number of nitrogens with zero attached hydrogens (tertiary/aromatic N) is 1. The molecule has 2 aromatic carbocycles. The normalized spacial score (nSPS) is 12.2. The van der Waals surface area contributed by atoms with Crippen LogP contribution in [0.1, 0.15) is 43.6 Å². The van der Waals surface area contributed by atoms with E-state index in [0.29, 0.717) is 18.1 Å². The van der Waals surface area contributed by atoms with E-state index in [1.54, 1.807) is 12.4 Å². The van der Waals surface area contributed by atoms with Crippen LogP contribution in [0.15, 0.2) is 78.8 Å². The topological polar surface area (TPSA) is 57.6 Å². The highest BCUT2D eigenvalue weighted by molar-refractivity contribution is 5.67. The van der Waals surface area contributed by atoms with Gasteiger partial charge in [0.25, 0.3) is 0 Å². The molecule has 0 aliphatic rings. The molecular weight excluding hydrogens is 390 g/mol. The number of esters is 1. The first-order valence-electron chi connectivity index (χ1n) is 10.4. The Bertz CT molecular complexity index is 1020. The summed E-state index contributed by atoms with van der Waals surface area (Å²) in [5, 5.41) is 0. The number of rotatable bonds is 9. The van der Waals surface area contributed by atoms with Crippen LogP contribution in [0, 0.1) is 0 Å². The molecule has 3 rings (SSSR count). The lowest BCUT2D eigenvalue weighted by Crippen LogP contribution is -2.15. The smallest absolute Gasteiger partial charge is 0.303 e. The molecule has 0 bridgehead atoms. The van der Waals surface area contributed by atoms with Crippen LogP contribution in [0.3, 0.4) is 0 Å². The van der Waals surface area contributed by atoms with Gasteiger partial charge < -0.3 is 14.2 Å². The molecular formula is C26H27NO4. The number of hydrogen-bond donors (Lipinski definition) is 0. The van der Waals surface area contributed by atoms with E-state index in [0.717, 1.165) is 28.9 Å². The summed E-state index contributed by atoms with van der Waals surface area (Å²) < 4.78 is 17.7.